The summed E-state index contributed by atoms with van der Waals surface area (Å²) in [4.78, 5) is 28.8. The number of rotatable bonds is 3. The van der Waals surface area contributed by atoms with E-state index in [9.17, 15) is 14.7 Å². The Kier molecular flexibility index (Phi) is 3.35. The molecule has 2 atom stereocenters. The van der Waals surface area contributed by atoms with Crippen molar-refractivity contribution >= 4 is 40.5 Å². The molecule has 2 heterocycles. The Labute approximate surface area is 131 Å². The van der Waals surface area contributed by atoms with Gasteiger partial charge in [-0.2, -0.15) is 0 Å². The number of para-hydroxylation sites is 1. The Morgan fingerprint density at radius 3 is 2.67 bits per heavy atom. The minimum atomic E-state index is -0.959. The fourth-order valence-electron chi connectivity index (χ4n) is 3.30. The summed E-state index contributed by atoms with van der Waals surface area (Å²) in [6, 6.07) is 6.91. The number of carboxylic acids is 1. The van der Waals surface area contributed by atoms with Gasteiger partial charge in [-0.1, -0.05) is 0 Å². The van der Waals surface area contributed by atoms with Crippen LogP contribution < -0.4 is 0 Å². The summed E-state index contributed by atoms with van der Waals surface area (Å²) in [5, 5.41) is 10.5. The monoisotopic (exact) mass is 278 g/mol. The average Bonchev–Trinajstić information content (AvgIpc) is 2.90. The summed E-state index contributed by atoms with van der Waals surface area (Å²) in [5.74, 6) is -1.33. The predicted octanol–water partition coefficient (Wildman–Crippen LogP) is 1.90. The number of hydrogen-bond acceptors (Lipinski definition) is 2. The number of carbonyl (C=O) groups excluding carboxylic acids is 1. The first-order valence-electron chi connectivity index (χ1n) is 7.09. The van der Waals surface area contributed by atoms with E-state index in [1.54, 1.807) is 0 Å². The number of nitrogens with one attached hydrogen (secondary N) is 1. The van der Waals surface area contributed by atoms with Gasteiger partial charge in [0.1, 0.15) is 0 Å². The van der Waals surface area contributed by atoms with Crippen LogP contribution in [0, 0.1) is 5.92 Å². The fourth-order valence-corrected chi connectivity index (χ4v) is 3.30. The summed E-state index contributed by atoms with van der Waals surface area (Å²) in [6.45, 7) is 3.65. The van der Waals surface area contributed by atoms with Gasteiger partial charge in [0.05, 0.1) is 0 Å². The molecule has 5 nitrogen and oxygen atoms in total. The summed E-state index contributed by atoms with van der Waals surface area (Å²) >= 11 is 1.89. The van der Waals surface area contributed by atoms with Gasteiger partial charge in [-0.05, 0) is 0 Å². The van der Waals surface area contributed by atoms with Crippen molar-refractivity contribution in [2.45, 2.75) is 24.6 Å². The number of amides is 1. The SMILES string of the molecule is [Li][C@H]1c2c([nH]c3ccccc23)C(=O)N1C(C(=O)O)C(C)C. The van der Waals surface area contributed by atoms with E-state index in [2.05, 4.69) is 4.98 Å². The molecule has 0 bridgehead atoms. The number of aliphatic carboxylic acids is 1. The van der Waals surface area contributed by atoms with Crippen LogP contribution in [0.3, 0.4) is 0 Å². The first-order chi connectivity index (χ1) is 9.93. The van der Waals surface area contributed by atoms with Crippen LogP contribution in [0.2, 0.25) is 0 Å². The number of aromatic nitrogens is 1. The normalized spacial score (nSPS) is 19.4. The Morgan fingerprint density at radius 2 is 2.05 bits per heavy atom. The molecule has 0 spiro atoms. The molecule has 104 valence electrons. The maximum absolute atomic E-state index is 12.7. The average molecular weight is 278 g/mol. The van der Waals surface area contributed by atoms with Crippen molar-refractivity contribution in [2.75, 3.05) is 0 Å². The van der Waals surface area contributed by atoms with E-state index in [0.29, 0.717) is 5.69 Å². The molecule has 1 aliphatic rings. The molecule has 6 heteroatoms. The Bertz CT molecular complexity index is 738. The van der Waals surface area contributed by atoms with E-state index >= 15 is 0 Å². The van der Waals surface area contributed by atoms with Gasteiger partial charge in [-0.15, -0.1) is 0 Å². The Hall–Kier alpha value is -1.70. The summed E-state index contributed by atoms with van der Waals surface area (Å²) < 4.78 is -0.243. The van der Waals surface area contributed by atoms with E-state index in [1.807, 2.05) is 55.8 Å². The van der Waals surface area contributed by atoms with E-state index in [-0.39, 0.29) is 16.5 Å². The zero-order valence-corrected chi connectivity index (χ0v) is 12.3. The molecule has 1 unspecified atom stereocenters. The van der Waals surface area contributed by atoms with Crippen LogP contribution in [0.25, 0.3) is 10.9 Å². The number of carboxylic acid groups (broad SMARTS) is 1. The third-order valence-electron chi connectivity index (χ3n) is 4.21. The topological polar surface area (TPSA) is 73.4 Å². The van der Waals surface area contributed by atoms with Crippen LogP contribution in [0.4, 0.5) is 0 Å². The van der Waals surface area contributed by atoms with Crippen LogP contribution in [-0.4, -0.2) is 50.6 Å². The van der Waals surface area contributed by atoms with Crippen LogP contribution in [0.5, 0.6) is 0 Å². The molecule has 0 radical (unpaired) electrons. The maximum atomic E-state index is 12.7. The third-order valence-corrected chi connectivity index (χ3v) is 4.21. The van der Waals surface area contributed by atoms with E-state index < -0.39 is 12.0 Å². The van der Waals surface area contributed by atoms with Crippen LogP contribution in [0.1, 0.15) is 34.6 Å². The zero-order chi connectivity index (χ0) is 15.3. The second-order valence-corrected chi connectivity index (χ2v) is 5.87. The van der Waals surface area contributed by atoms with Crippen molar-refractivity contribution in [1.29, 1.82) is 0 Å². The van der Waals surface area contributed by atoms with Gasteiger partial charge < -0.3 is 0 Å². The molecule has 3 rings (SSSR count). The number of carbonyl (C=O) groups is 2. The molecule has 0 saturated carbocycles. The first-order valence-corrected chi connectivity index (χ1v) is 7.09. The molecular formula is C15H15LiN2O3. The second-order valence-electron chi connectivity index (χ2n) is 5.87. The Balaban J connectivity index is 2.13. The molecule has 21 heavy (non-hydrogen) atoms. The van der Waals surface area contributed by atoms with Crippen molar-refractivity contribution in [3.8, 4) is 0 Å². The van der Waals surface area contributed by atoms with Crippen molar-refractivity contribution in [3.05, 3.63) is 35.5 Å². The van der Waals surface area contributed by atoms with Gasteiger partial charge in [0.25, 0.3) is 0 Å². The molecular weight excluding hydrogens is 263 g/mol. The number of aromatic amines is 1. The van der Waals surface area contributed by atoms with Crippen molar-refractivity contribution in [1.82, 2.24) is 9.88 Å². The fraction of sp³-hybridized carbons (Fsp3) is 0.333. The van der Waals surface area contributed by atoms with Crippen molar-refractivity contribution in [3.63, 3.8) is 0 Å². The van der Waals surface area contributed by atoms with Crippen LogP contribution in [-0.2, 0) is 4.79 Å². The predicted molar refractivity (Wildman–Crippen MR) is 79.2 cm³/mol. The van der Waals surface area contributed by atoms with Gasteiger partial charge in [0.15, 0.2) is 0 Å². The Morgan fingerprint density at radius 1 is 1.38 bits per heavy atom. The van der Waals surface area contributed by atoms with Crippen LogP contribution in [0.15, 0.2) is 24.3 Å². The molecule has 2 aromatic rings. The number of nitrogens with zero attached hydrogens (tertiary/aromatic N) is 1. The molecule has 1 amide bonds. The summed E-state index contributed by atoms with van der Waals surface area (Å²) in [5.41, 5.74) is 2.34. The van der Waals surface area contributed by atoms with Gasteiger partial charge >= 0.3 is 131 Å². The summed E-state index contributed by atoms with van der Waals surface area (Å²) in [7, 11) is 0. The minimum absolute atomic E-state index is 0.149. The molecule has 0 aliphatic carbocycles. The quantitative estimate of drug-likeness (QED) is 0.842. The van der Waals surface area contributed by atoms with E-state index in [0.717, 1.165) is 16.5 Å². The molecule has 2 N–H and O–H groups in total. The van der Waals surface area contributed by atoms with Gasteiger partial charge in [-0.3, -0.25) is 0 Å². The molecule has 1 aliphatic heterocycles. The van der Waals surface area contributed by atoms with Crippen LogP contribution >= 0.6 is 0 Å². The van der Waals surface area contributed by atoms with Gasteiger partial charge in [-0.25, -0.2) is 0 Å². The molecule has 0 saturated heterocycles. The van der Waals surface area contributed by atoms with Gasteiger partial charge in [0, 0.05) is 0 Å². The first kappa shape index (κ1) is 14.2. The van der Waals surface area contributed by atoms with Gasteiger partial charge in [0.2, 0.25) is 0 Å². The second kappa shape index (κ2) is 4.94. The molecule has 0 fully saturated rings. The number of benzene rings is 1. The zero-order valence-electron chi connectivity index (χ0n) is 12.3. The number of fused-ring (bicyclic) bond motifs is 3. The van der Waals surface area contributed by atoms with Crippen molar-refractivity contribution in [2.24, 2.45) is 5.92 Å². The summed E-state index contributed by atoms with van der Waals surface area (Å²) in [6.07, 6.45) is 0. The standard InChI is InChI=1S/C15H15N2O3.Li/c1-8(2)13(15(19)20)17-7-10-9-5-3-4-6-11(9)16-12(10)14(17)18;/h3-8,13,16H,1-2H3,(H,19,20);. The number of hydrogen-bond donors (Lipinski definition) is 2. The van der Waals surface area contributed by atoms with E-state index in [1.165, 1.54) is 4.90 Å². The molecule has 1 aromatic heterocycles. The van der Waals surface area contributed by atoms with E-state index in [4.69, 9.17) is 0 Å². The number of H-pyrrole nitrogens is 1. The molecule has 1 aromatic carbocycles. The third kappa shape index (κ3) is 2.00. The van der Waals surface area contributed by atoms with Crippen molar-refractivity contribution < 1.29 is 14.7 Å².